The van der Waals surface area contributed by atoms with Crippen LogP contribution in [0.3, 0.4) is 0 Å². The van der Waals surface area contributed by atoms with Crippen molar-refractivity contribution >= 4 is 0 Å². The van der Waals surface area contributed by atoms with E-state index in [1.54, 1.807) is 0 Å². The van der Waals surface area contributed by atoms with Crippen LogP contribution in [-0.2, 0) is 4.74 Å². The Balaban J connectivity index is 6.16. The van der Waals surface area contributed by atoms with E-state index in [9.17, 15) is 57.1 Å². The number of halogens is 13. The highest BCUT2D eigenvalue weighted by molar-refractivity contribution is 5.08. The monoisotopic (exact) mass is 362 g/mol. The van der Waals surface area contributed by atoms with E-state index in [0.717, 1.165) is 0 Å². The van der Waals surface area contributed by atoms with Crippen LogP contribution in [-0.4, -0.2) is 36.0 Å². The summed E-state index contributed by atoms with van der Waals surface area (Å²) in [4.78, 5) is 0. The molecular weight excluding hydrogens is 359 g/mol. The second kappa shape index (κ2) is 5.08. The van der Waals surface area contributed by atoms with Gasteiger partial charge in [-0.1, -0.05) is 6.58 Å². The molecule has 0 unspecified atom stereocenters. The summed E-state index contributed by atoms with van der Waals surface area (Å²) in [6.45, 7) is 2.20. The standard InChI is InChI=1S/C8H3F13O/c1-2-22-8(20,21)6(15,16)4(11,12)3(9,10)5(13,14)7(17,18)19/h2H,1H2. The molecule has 0 aromatic carbocycles. The van der Waals surface area contributed by atoms with E-state index < -0.39 is 42.2 Å². The van der Waals surface area contributed by atoms with Gasteiger partial charge in [-0.15, -0.1) is 0 Å². The summed E-state index contributed by atoms with van der Waals surface area (Å²) < 4.78 is 163. The SMILES string of the molecule is C=COC(F)(F)C(F)(F)C(F)(F)C(F)(F)C(F)(F)C(F)(F)F. The molecule has 0 heterocycles. The van der Waals surface area contributed by atoms with E-state index in [1.807, 2.05) is 0 Å². The maximum absolute atomic E-state index is 12.7. The van der Waals surface area contributed by atoms with Crippen LogP contribution in [0.1, 0.15) is 0 Å². The van der Waals surface area contributed by atoms with Gasteiger partial charge in [0, 0.05) is 0 Å². The summed E-state index contributed by atoms with van der Waals surface area (Å²) in [6, 6.07) is 0. The molecule has 0 atom stereocenters. The van der Waals surface area contributed by atoms with Gasteiger partial charge in [0.2, 0.25) is 0 Å². The molecule has 0 spiro atoms. The number of alkyl halides is 13. The zero-order valence-corrected chi connectivity index (χ0v) is 9.61. The van der Waals surface area contributed by atoms with Crippen molar-refractivity contribution in [3.63, 3.8) is 0 Å². The van der Waals surface area contributed by atoms with Gasteiger partial charge in [-0.25, -0.2) is 0 Å². The Hall–Kier alpha value is -1.37. The van der Waals surface area contributed by atoms with Crippen molar-refractivity contribution in [3.8, 4) is 0 Å². The van der Waals surface area contributed by atoms with Crippen LogP contribution in [0.25, 0.3) is 0 Å². The molecule has 0 aliphatic heterocycles. The lowest BCUT2D eigenvalue weighted by Crippen LogP contribution is -2.70. The van der Waals surface area contributed by atoms with Crippen molar-refractivity contribution in [1.29, 1.82) is 0 Å². The minimum atomic E-state index is -7.92. The fourth-order valence-corrected chi connectivity index (χ4v) is 0.934. The predicted molar refractivity (Wildman–Crippen MR) is 42.1 cm³/mol. The van der Waals surface area contributed by atoms with E-state index in [4.69, 9.17) is 0 Å². The van der Waals surface area contributed by atoms with Crippen LogP contribution >= 0.6 is 0 Å². The molecule has 0 aromatic rings. The molecule has 0 aliphatic rings. The molecule has 22 heavy (non-hydrogen) atoms. The van der Waals surface area contributed by atoms with Gasteiger partial charge in [-0.2, -0.15) is 57.1 Å². The average molecular weight is 362 g/mol. The van der Waals surface area contributed by atoms with E-state index in [1.165, 1.54) is 0 Å². The Morgan fingerprint density at radius 2 is 0.864 bits per heavy atom. The van der Waals surface area contributed by atoms with Gasteiger partial charge >= 0.3 is 36.0 Å². The van der Waals surface area contributed by atoms with Crippen molar-refractivity contribution in [2.24, 2.45) is 0 Å². The topological polar surface area (TPSA) is 9.23 Å². The molecule has 0 saturated carbocycles. The normalized spacial score (nSPS) is 15.7. The third kappa shape index (κ3) is 2.55. The molecule has 0 bridgehead atoms. The van der Waals surface area contributed by atoms with Crippen molar-refractivity contribution in [1.82, 2.24) is 0 Å². The minimum absolute atomic E-state index is 0.635. The fourth-order valence-electron chi connectivity index (χ4n) is 0.934. The molecule has 1 nitrogen and oxygen atoms in total. The first kappa shape index (κ1) is 20.6. The molecule has 0 saturated heterocycles. The summed E-state index contributed by atoms with van der Waals surface area (Å²) in [6.07, 6.45) is -14.6. The average Bonchev–Trinajstić information content (AvgIpc) is 2.26. The molecule has 14 heteroatoms. The van der Waals surface area contributed by atoms with Gasteiger partial charge in [0.25, 0.3) is 0 Å². The fraction of sp³-hybridized carbons (Fsp3) is 0.750. The van der Waals surface area contributed by atoms with Gasteiger partial charge in [0.15, 0.2) is 0 Å². The highest BCUT2D eigenvalue weighted by Crippen LogP contribution is 2.60. The second-order valence-electron chi connectivity index (χ2n) is 3.60. The Labute approximate surface area is 112 Å². The van der Waals surface area contributed by atoms with E-state index in [0.29, 0.717) is 0 Å². The lowest BCUT2D eigenvalue weighted by molar-refractivity contribution is -0.461. The Morgan fingerprint density at radius 3 is 1.14 bits per heavy atom. The van der Waals surface area contributed by atoms with E-state index in [2.05, 4.69) is 11.3 Å². The zero-order chi connectivity index (χ0) is 18.4. The maximum atomic E-state index is 12.7. The number of ether oxygens (including phenoxy) is 1. The van der Waals surface area contributed by atoms with Gasteiger partial charge in [0.05, 0.1) is 6.26 Å². The van der Waals surface area contributed by atoms with Crippen LogP contribution in [0.5, 0.6) is 0 Å². The second-order valence-corrected chi connectivity index (χ2v) is 3.60. The van der Waals surface area contributed by atoms with Crippen LogP contribution in [0.15, 0.2) is 12.8 Å². The van der Waals surface area contributed by atoms with Gasteiger partial charge < -0.3 is 4.74 Å². The third-order valence-corrected chi connectivity index (χ3v) is 2.14. The molecule has 0 aliphatic carbocycles. The van der Waals surface area contributed by atoms with Gasteiger partial charge in [0.1, 0.15) is 0 Å². The molecule has 0 radical (unpaired) electrons. The molecule has 0 N–H and O–H groups in total. The molecule has 0 rings (SSSR count). The zero-order valence-electron chi connectivity index (χ0n) is 9.61. The minimum Gasteiger partial charge on any atom is -0.436 e. The number of hydrogen-bond acceptors (Lipinski definition) is 1. The quantitative estimate of drug-likeness (QED) is 0.485. The number of hydrogen-bond donors (Lipinski definition) is 0. The Kier molecular flexibility index (Phi) is 4.76. The smallest absolute Gasteiger partial charge is 0.436 e. The lowest BCUT2D eigenvalue weighted by atomic mass is 9.97. The van der Waals surface area contributed by atoms with E-state index >= 15 is 0 Å². The van der Waals surface area contributed by atoms with Gasteiger partial charge in [-0.3, -0.25) is 0 Å². The first-order chi connectivity index (χ1) is 9.31. The van der Waals surface area contributed by atoms with E-state index in [-0.39, 0.29) is 0 Å². The molecular formula is C8H3F13O. The van der Waals surface area contributed by atoms with Crippen molar-refractivity contribution in [2.75, 3.05) is 0 Å². The van der Waals surface area contributed by atoms with Crippen molar-refractivity contribution < 1.29 is 61.8 Å². The molecule has 132 valence electrons. The lowest BCUT2D eigenvalue weighted by Gasteiger charge is -2.38. The molecule has 0 amide bonds. The number of rotatable bonds is 6. The van der Waals surface area contributed by atoms with Gasteiger partial charge in [-0.05, 0) is 0 Å². The summed E-state index contributed by atoms with van der Waals surface area (Å²) in [7, 11) is 0. The Bertz CT molecular complexity index is 420. The predicted octanol–water partition coefficient (Wildman–Crippen LogP) is 4.84. The van der Waals surface area contributed by atoms with Crippen LogP contribution in [0, 0.1) is 0 Å². The van der Waals surface area contributed by atoms with Crippen molar-refractivity contribution in [3.05, 3.63) is 12.8 Å². The summed E-state index contributed by atoms with van der Waals surface area (Å²) >= 11 is 0. The van der Waals surface area contributed by atoms with Crippen LogP contribution < -0.4 is 0 Å². The summed E-state index contributed by atoms with van der Waals surface area (Å²) in [5, 5.41) is 0. The van der Waals surface area contributed by atoms with Crippen LogP contribution in [0.2, 0.25) is 0 Å². The van der Waals surface area contributed by atoms with Crippen molar-refractivity contribution in [2.45, 2.75) is 36.0 Å². The Morgan fingerprint density at radius 1 is 0.545 bits per heavy atom. The van der Waals surface area contributed by atoms with Crippen LogP contribution in [0.4, 0.5) is 57.1 Å². The largest absolute Gasteiger partial charge is 0.470 e. The maximum Gasteiger partial charge on any atom is 0.470 e. The third-order valence-electron chi connectivity index (χ3n) is 2.14. The summed E-state index contributed by atoms with van der Waals surface area (Å²) in [5.74, 6) is -30.9. The highest BCUT2D eigenvalue weighted by Gasteiger charge is 2.91. The molecule has 0 fully saturated rings. The first-order valence-corrected chi connectivity index (χ1v) is 4.55. The summed E-state index contributed by atoms with van der Waals surface area (Å²) in [5.41, 5.74) is 0. The molecule has 0 aromatic heterocycles. The highest BCUT2D eigenvalue weighted by atomic mass is 19.4. The first-order valence-electron chi connectivity index (χ1n) is 4.55.